The fourth-order valence-electron chi connectivity index (χ4n) is 2.39. The number of amides is 2. The maximum Gasteiger partial charge on any atom is 0.243 e. The van der Waals surface area contributed by atoms with E-state index in [-0.39, 0.29) is 16.9 Å². The summed E-state index contributed by atoms with van der Waals surface area (Å²) in [6.07, 6.45) is 0.980. The molecule has 3 N–H and O–H groups in total. The van der Waals surface area contributed by atoms with Crippen LogP contribution < -0.4 is 11.1 Å². The van der Waals surface area contributed by atoms with Gasteiger partial charge in [0.05, 0.1) is 4.90 Å². The topological polar surface area (TPSA) is 110 Å². The number of rotatable bonds is 5. The van der Waals surface area contributed by atoms with Crippen molar-refractivity contribution in [3.63, 3.8) is 0 Å². The summed E-state index contributed by atoms with van der Waals surface area (Å²) in [5, 5.41) is 2.71. The first-order valence-electron chi connectivity index (χ1n) is 7.32. The number of nitrogens with one attached hydrogen (secondary N) is 1. The van der Waals surface area contributed by atoms with Gasteiger partial charge in [-0.2, -0.15) is 4.31 Å². The highest BCUT2D eigenvalue weighted by molar-refractivity contribution is 7.89. The quantitative estimate of drug-likeness (QED) is 0.738. The van der Waals surface area contributed by atoms with Gasteiger partial charge in [-0.3, -0.25) is 9.59 Å². The van der Waals surface area contributed by atoms with Gasteiger partial charge in [-0.1, -0.05) is 18.2 Å². The van der Waals surface area contributed by atoms with E-state index in [1.165, 1.54) is 11.2 Å². The van der Waals surface area contributed by atoms with Crippen molar-refractivity contribution in [1.82, 2.24) is 9.62 Å². The Morgan fingerprint density at radius 1 is 1.17 bits per heavy atom. The number of primary amides is 1. The predicted octanol–water partition coefficient (Wildman–Crippen LogP) is 0.0356. The molecule has 125 valence electrons. The molecule has 0 atom stereocenters. The zero-order valence-corrected chi connectivity index (χ0v) is 13.7. The Kier molecular flexibility index (Phi) is 5.38. The lowest BCUT2D eigenvalue weighted by atomic mass is 10.0. The highest BCUT2D eigenvalue weighted by Crippen LogP contribution is 2.20. The Balaban J connectivity index is 1.94. The molecule has 0 unspecified atom stereocenters. The second kappa shape index (κ2) is 7.10. The highest BCUT2D eigenvalue weighted by Gasteiger charge is 2.31. The number of nitrogens with zero attached hydrogens (tertiary/aromatic N) is 1. The molecule has 7 nitrogen and oxygen atoms in total. The molecule has 0 saturated carbocycles. The van der Waals surface area contributed by atoms with E-state index in [1.807, 2.05) is 0 Å². The zero-order chi connectivity index (χ0) is 17.0. The lowest BCUT2D eigenvalue weighted by molar-refractivity contribution is -0.125. The van der Waals surface area contributed by atoms with E-state index in [9.17, 15) is 18.0 Å². The minimum atomic E-state index is -3.50. The monoisotopic (exact) mass is 338 g/mol. The number of carbonyl (C=O) groups is 2. The van der Waals surface area contributed by atoms with Crippen molar-refractivity contribution in [2.24, 2.45) is 5.73 Å². The fraction of sp³-hybridized carbons (Fsp3) is 0.400. The van der Waals surface area contributed by atoms with Crippen LogP contribution in [0.5, 0.6) is 0 Å². The van der Waals surface area contributed by atoms with Crippen molar-refractivity contribution < 1.29 is 18.0 Å². The number of sulfonamides is 1. The van der Waals surface area contributed by atoms with Crippen LogP contribution in [0.1, 0.15) is 19.8 Å². The van der Waals surface area contributed by atoms with Crippen LogP contribution in [-0.2, 0) is 19.6 Å². The van der Waals surface area contributed by atoms with Crippen molar-refractivity contribution in [2.45, 2.75) is 30.7 Å². The van der Waals surface area contributed by atoms with Crippen molar-refractivity contribution in [3.05, 3.63) is 36.2 Å². The number of carbonyl (C=O) groups excluding carboxylic acids is 2. The molecule has 1 aliphatic rings. The van der Waals surface area contributed by atoms with E-state index < -0.39 is 21.8 Å². The van der Waals surface area contributed by atoms with Crippen molar-refractivity contribution >= 4 is 21.8 Å². The van der Waals surface area contributed by atoms with Gasteiger partial charge in [0.2, 0.25) is 21.8 Å². The first-order valence-corrected chi connectivity index (χ1v) is 8.76. The Hall–Kier alpha value is -1.93. The Morgan fingerprint density at radius 3 is 2.26 bits per heavy atom. The third-order valence-corrected chi connectivity index (χ3v) is 5.79. The minimum Gasteiger partial charge on any atom is -0.369 e. The van der Waals surface area contributed by atoms with Crippen LogP contribution in [0, 0.1) is 5.92 Å². The molecule has 2 amide bonds. The van der Waals surface area contributed by atoms with Crippen LogP contribution in [0.15, 0.2) is 35.2 Å². The van der Waals surface area contributed by atoms with Crippen molar-refractivity contribution in [1.29, 1.82) is 0 Å². The highest BCUT2D eigenvalue weighted by atomic mass is 32.2. The lowest BCUT2D eigenvalue weighted by Gasteiger charge is -2.31. The van der Waals surface area contributed by atoms with Crippen LogP contribution in [-0.4, -0.2) is 43.7 Å². The SMILES string of the molecule is C[C](C(N)=O)C(=O)NC1CCN(S(=O)(=O)c2ccccc2)CC1. The fourth-order valence-corrected chi connectivity index (χ4v) is 3.88. The molecule has 2 rings (SSSR count). The van der Waals surface area contributed by atoms with Crippen LogP contribution in [0.3, 0.4) is 0 Å². The Labute approximate surface area is 135 Å². The molecule has 1 aromatic carbocycles. The summed E-state index contributed by atoms with van der Waals surface area (Å²) in [6.45, 7) is 2.00. The molecule has 1 radical (unpaired) electrons. The molecule has 0 spiro atoms. The molecule has 1 aliphatic heterocycles. The molecule has 0 bridgehead atoms. The van der Waals surface area contributed by atoms with E-state index in [4.69, 9.17) is 5.73 Å². The van der Waals surface area contributed by atoms with Crippen LogP contribution in [0.4, 0.5) is 0 Å². The minimum absolute atomic E-state index is 0.0515. The summed E-state index contributed by atoms with van der Waals surface area (Å²) >= 11 is 0. The summed E-state index contributed by atoms with van der Waals surface area (Å²) in [7, 11) is -3.50. The second-order valence-corrected chi connectivity index (χ2v) is 7.39. The summed E-state index contributed by atoms with van der Waals surface area (Å²) in [6, 6.07) is 8.09. The average molecular weight is 338 g/mol. The Bertz CT molecular complexity index is 667. The van der Waals surface area contributed by atoms with Gasteiger partial charge in [0.15, 0.2) is 0 Å². The largest absolute Gasteiger partial charge is 0.369 e. The number of nitrogens with two attached hydrogens (primary N) is 1. The van der Waals surface area contributed by atoms with E-state index in [1.54, 1.807) is 30.3 Å². The molecule has 1 fully saturated rings. The van der Waals surface area contributed by atoms with E-state index >= 15 is 0 Å². The molecule has 0 aromatic heterocycles. The van der Waals surface area contributed by atoms with Crippen LogP contribution in [0.25, 0.3) is 0 Å². The molecule has 1 saturated heterocycles. The number of hydrogen-bond donors (Lipinski definition) is 2. The van der Waals surface area contributed by atoms with Gasteiger partial charge in [0.25, 0.3) is 0 Å². The van der Waals surface area contributed by atoms with Gasteiger partial charge in [0, 0.05) is 19.1 Å². The third kappa shape index (κ3) is 4.08. The lowest BCUT2D eigenvalue weighted by Crippen LogP contribution is -2.48. The maximum atomic E-state index is 12.5. The maximum absolute atomic E-state index is 12.5. The van der Waals surface area contributed by atoms with Gasteiger partial charge < -0.3 is 11.1 Å². The van der Waals surface area contributed by atoms with E-state index in [0.717, 1.165) is 0 Å². The van der Waals surface area contributed by atoms with Gasteiger partial charge in [-0.05, 0) is 31.9 Å². The zero-order valence-electron chi connectivity index (χ0n) is 12.9. The van der Waals surface area contributed by atoms with Crippen molar-refractivity contribution in [3.8, 4) is 0 Å². The first-order chi connectivity index (χ1) is 10.8. The Morgan fingerprint density at radius 2 is 1.74 bits per heavy atom. The summed E-state index contributed by atoms with van der Waals surface area (Å²) in [4.78, 5) is 23.0. The number of piperidine rings is 1. The van der Waals surface area contributed by atoms with Gasteiger partial charge >= 0.3 is 0 Å². The molecule has 23 heavy (non-hydrogen) atoms. The summed E-state index contributed by atoms with van der Waals surface area (Å²) in [5.74, 6) is -1.31. The molecule has 0 aliphatic carbocycles. The van der Waals surface area contributed by atoms with Gasteiger partial charge in [-0.25, -0.2) is 8.42 Å². The third-order valence-electron chi connectivity index (χ3n) is 3.88. The standard InChI is InChI=1S/C15H20N3O4S/c1-11(14(16)19)15(20)17-12-7-9-18(10-8-12)23(21,22)13-5-3-2-4-6-13/h2-6,12H,7-10H2,1H3,(H2,16,19)(H,17,20). The smallest absolute Gasteiger partial charge is 0.243 e. The van der Waals surface area contributed by atoms with E-state index in [2.05, 4.69) is 5.32 Å². The van der Waals surface area contributed by atoms with Crippen LogP contribution >= 0.6 is 0 Å². The summed E-state index contributed by atoms with van der Waals surface area (Å²) < 4.78 is 26.4. The van der Waals surface area contributed by atoms with E-state index in [0.29, 0.717) is 25.9 Å². The average Bonchev–Trinajstić information content (AvgIpc) is 2.55. The second-order valence-electron chi connectivity index (χ2n) is 5.45. The first kappa shape index (κ1) is 17.4. The number of hydrogen-bond acceptors (Lipinski definition) is 4. The molecular formula is C15H20N3O4S. The molecular weight excluding hydrogens is 318 g/mol. The molecule has 1 aromatic rings. The normalized spacial score (nSPS) is 17.1. The molecule has 1 heterocycles. The predicted molar refractivity (Wildman–Crippen MR) is 84.5 cm³/mol. The van der Waals surface area contributed by atoms with Gasteiger partial charge in [-0.15, -0.1) is 0 Å². The molecule has 8 heteroatoms. The van der Waals surface area contributed by atoms with Crippen molar-refractivity contribution in [2.75, 3.05) is 13.1 Å². The summed E-state index contributed by atoms with van der Waals surface area (Å²) in [5.41, 5.74) is 5.06. The van der Waals surface area contributed by atoms with Crippen LogP contribution in [0.2, 0.25) is 0 Å². The van der Waals surface area contributed by atoms with Gasteiger partial charge in [0.1, 0.15) is 5.92 Å². The number of benzene rings is 1.